The Bertz CT molecular complexity index is 229. The molecule has 0 amide bonds. The van der Waals surface area contributed by atoms with E-state index in [9.17, 15) is 0 Å². The van der Waals surface area contributed by atoms with Crippen LogP contribution in [-0.4, -0.2) is 36.1 Å². The maximum absolute atomic E-state index is 3.92. The van der Waals surface area contributed by atoms with E-state index in [1.807, 2.05) is 0 Å². The summed E-state index contributed by atoms with van der Waals surface area (Å²) in [6.07, 6.45) is 8.55. The third-order valence-electron chi connectivity index (χ3n) is 4.62. The third-order valence-corrected chi connectivity index (χ3v) is 4.62. The zero-order chi connectivity index (χ0) is 10.3. The quantitative estimate of drug-likeness (QED) is 0.760. The van der Waals surface area contributed by atoms with Gasteiger partial charge in [-0.15, -0.1) is 0 Å². The molecule has 2 nitrogen and oxygen atoms in total. The number of nitrogens with zero attached hydrogens (tertiary/aromatic N) is 1. The number of fused-ring (bicyclic) bond motifs is 1. The molecule has 0 aromatic rings. The van der Waals surface area contributed by atoms with E-state index in [-0.39, 0.29) is 0 Å². The highest BCUT2D eigenvalue weighted by molar-refractivity contribution is 5.01. The molecule has 0 radical (unpaired) electrons. The van der Waals surface area contributed by atoms with Gasteiger partial charge in [-0.05, 0) is 44.6 Å². The minimum absolute atomic E-state index is 0.833. The van der Waals surface area contributed by atoms with Crippen LogP contribution in [0.5, 0.6) is 0 Å². The molecule has 0 aromatic heterocycles. The molecule has 0 spiro atoms. The average molecular weight is 208 g/mol. The van der Waals surface area contributed by atoms with Crippen LogP contribution >= 0.6 is 0 Å². The van der Waals surface area contributed by atoms with Crippen molar-refractivity contribution >= 4 is 0 Å². The van der Waals surface area contributed by atoms with Crippen LogP contribution in [0.15, 0.2) is 0 Å². The second-order valence-electron chi connectivity index (χ2n) is 5.70. The summed E-state index contributed by atoms with van der Waals surface area (Å²) in [6, 6.07) is 2.61. The first kappa shape index (κ1) is 10.1. The Morgan fingerprint density at radius 2 is 2.13 bits per heavy atom. The Kier molecular flexibility index (Phi) is 2.73. The Labute approximate surface area is 93.4 Å². The van der Waals surface area contributed by atoms with Crippen LogP contribution in [0.4, 0.5) is 0 Å². The first-order valence-electron chi connectivity index (χ1n) is 6.88. The fraction of sp³-hybridized carbons (Fsp3) is 1.00. The van der Waals surface area contributed by atoms with Crippen LogP contribution in [-0.2, 0) is 0 Å². The summed E-state index contributed by atoms with van der Waals surface area (Å²) in [6.45, 7) is 5.03. The first-order valence-corrected chi connectivity index (χ1v) is 6.88. The van der Waals surface area contributed by atoms with Gasteiger partial charge in [0.2, 0.25) is 0 Å². The van der Waals surface area contributed by atoms with E-state index in [2.05, 4.69) is 17.1 Å². The van der Waals surface area contributed by atoms with E-state index in [0.717, 1.165) is 24.0 Å². The molecule has 1 aliphatic carbocycles. The van der Waals surface area contributed by atoms with Crippen molar-refractivity contribution in [1.29, 1.82) is 0 Å². The SMILES string of the molecule is CCCC1CC1NC1CCN2CCCC12. The van der Waals surface area contributed by atoms with Gasteiger partial charge in [-0.3, -0.25) is 4.90 Å². The second-order valence-corrected chi connectivity index (χ2v) is 5.70. The van der Waals surface area contributed by atoms with E-state index >= 15 is 0 Å². The van der Waals surface area contributed by atoms with Crippen LogP contribution < -0.4 is 5.32 Å². The molecule has 2 aliphatic heterocycles. The largest absolute Gasteiger partial charge is 0.309 e. The fourth-order valence-corrected chi connectivity index (χ4v) is 3.69. The zero-order valence-corrected chi connectivity index (χ0v) is 9.91. The maximum atomic E-state index is 3.92. The van der Waals surface area contributed by atoms with E-state index < -0.39 is 0 Å². The third kappa shape index (κ3) is 1.94. The molecular formula is C13H24N2. The lowest BCUT2D eigenvalue weighted by Crippen LogP contribution is -2.40. The van der Waals surface area contributed by atoms with Crippen molar-refractivity contribution in [3.05, 3.63) is 0 Å². The van der Waals surface area contributed by atoms with Crippen molar-refractivity contribution in [2.75, 3.05) is 13.1 Å². The van der Waals surface area contributed by atoms with Gasteiger partial charge in [0.05, 0.1) is 0 Å². The molecule has 4 unspecified atom stereocenters. The van der Waals surface area contributed by atoms with E-state index in [0.29, 0.717) is 0 Å². The van der Waals surface area contributed by atoms with Crippen LogP contribution in [0, 0.1) is 5.92 Å². The smallest absolute Gasteiger partial charge is 0.0250 e. The van der Waals surface area contributed by atoms with Crippen molar-refractivity contribution in [3.8, 4) is 0 Å². The summed E-state index contributed by atoms with van der Waals surface area (Å²) in [5, 5.41) is 3.92. The molecule has 15 heavy (non-hydrogen) atoms. The zero-order valence-electron chi connectivity index (χ0n) is 9.91. The van der Waals surface area contributed by atoms with Crippen molar-refractivity contribution in [2.24, 2.45) is 5.92 Å². The molecule has 2 heterocycles. The van der Waals surface area contributed by atoms with E-state index in [4.69, 9.17) is 0 Å². The molecule has 3 aliphatic rings. The van der Waals surface area contributed by atoms with Gasteiger partial charge in [-0.2, -0.15) is 0 Å². The molecule has 3 rings (SSSR count). The van der Waals surface area contributed by atoms with Gasteiger partial charge in [-0.1, -0.05) is 13.3 Å². The summed E-state index contributed by atoms with van der Waals surface area (Å²) in [5.74, 6) is 1.02. The first-order chi connectivity index (χ1) is 7.38. The highest BCUT2D eigenvalue weighted by atomic mass is 15.2. The lowest BCUT2D eigenvalue weighted by atomic mass is 10.1. The van der Waals surface area contributed by atoms with Crippen molar-refractivity contribution in [3.63, 3.8) is 0 Å². The number of rotatable bonds is 4. The van der Waals surface area contributed by atoms with Gasteiger partial charge in [0.15, 0.2) is 0 Å². The Balaban J connectivity index is 1.48. The predicted molar refractivity (Wildman–Crippen MR) is 62.9 cm³/mol. The molecule has 2 saturated heterocycles. The average Bonchev–Trinajstić information content (AvgIpc) is 2.65. The summed E-state index contributed by atoms with van der Waals surface area (Å²) in [7, 11) is 0. The van der Waals surface area contributed by atoms with Crippen LogP contribution in [0.25, 0.3) is 0 Å². The molecule has 86 valence electrons. The lowest BCUT2D eigenvalue weighted by Gasteiger charge is -2.21. The molecular weight excluding hydrogens is 184 g/mol. The summed E-state index contributed by atoms with van der Waals surface area (Å²) < 4.78 is 0. The highest BCUT2D eigenvalue weighted by Gasteiger charge is 2.43. The van der Waals surface area contributed by atoms with E-state index in [1.54, 1.807) is 0 Å². The standard InChI is InChI=1S/C13H24N2/c1-2-4-10-9-12(10)14-11-6-8-15-7-3-5-13(11)15/h10-14H,2-9H2,1H3. The fourth-order valence-electron chi connectivity index (χ4n) is 3.69. The Hall–Kier alpha value is -0.0800. The summed E-state index contributed by atoms with van der Waals surface area (Å²) >= 11 is 0. The van der Waals surface area contributed by atoms with Gasteiger partial charge < -0.3 is 5.32 Å². The maximum Gasteiger partial charge on any atom is 0.0250 e. The van der Waals surface area contributed by atoms with Gasteiger partial charge in [0.25, 0.3) is 0 Å². The van der Waals surface area contributed by atoms with Gasteiger partial charge >= 0.3 is 0 Å². The Morgan fingerprint density at radius 3 is 3.00 bits per heavy atom. The number of hydrogen-bond donors (Lipinski definition) is 1. The Morgan fingerprint density at radius 1 is 1.20 bits per heavy atom. The molecule has 2 heteroatoms. The van der Waals surface area contributed by atoms with Crippen LogP contribution in [0.3, 0.4) is 0 Å². The number of nitrogens with one attached hydrogen (secondary N) is 1. The molecule has 1 saturated carbocycles. The minimum atomic E-state index is 0.833. The molecule has 4 atom stereocenters. The summed E-state index contributed by atoms with van der Waals surface area (Å²) in [4.78, 5) is 2.70. The molecule has 3 fully saturated rings. The molecule has 0 bridgehead atoms. The highest BCUT2D eigenvalue weighted by Crippen LogP contribution is 2.37. The van der Waals surface area contributed by atoms with Gasteiger partial charge in [0.1, 0.15) is 0 Å². The van der Waals surface area contributed by atoms with Gasteiger partial charge in [-0.25, -0.2) is 0 Å². The monoisotopic (exact) mass is 208 g/mol. The molecule has 0 aromatic carbocycles. The molecule has 1 N–H and O–H groups in total. The summed E-state index contributed by atoms with van der Waals surface area (Å²) in [5.41, 5.74) is 0. The normalized spacial score (nSPS) is 44.6. The predicted octanol–water partition coefficient (Wildman–Crippen LogP) is 2.00. The van der Waals surface area contributed by atoms with Crippen molar-refractivity contribution < 1.29 is 0 Å². The van der Waals surface area contributed by atoms with E-state index in [1.165, 1.54) is 51.6 Å². The topological polar surface area (TPSA) is 15.3 Å². The number of hydrogen-bond acceptors (Lipinski definition) is 2. The van der Waals surface area contributed by atoms with Crippen molar-refractivity contribution in [2.45, 2.75) is 63.6 Å². The van der Waals surface area contributed by atoms with Crippen LogP contribution in [0.1, 0.15) is 45.4 Å². The minimum Gasteiger partial charge on any atom is -0.309 e. The van der Waals surface area contributed by atoms with Gasteiger partial charge in [0, 0.05) is 24.7 Å². The second kappa shape index (κ2) is 4.06. The van der Waals surface area contributed by atoms with Crippen molar-refractivity contribution in [1.82, 2.24) is 10.2 Å². The lowest BCUT2D eigenvalue weighted by molar-refractivity contribution is 0.296. The van der Waals surface area contributed by atoms with Crippen LogP contribution in [0.2, 0.25) is 0 Å².